The molecule has 1 aromatic heterocycles. The van der Waals surface area contributed by atoms with Crippen molar-refractivity contribution in [3.63, 3.8) is 0 Å². The Morgan fingerprint density at radius 2 is 2.00 bits per heavy atom. The van der Waals surface area contributed by atoms with Gasteiger partial charge in [0, 0.05) is 30.9 Å². The number of aromatic amines is 2. The number of carbonyl (C=O) groups is 2. The molecule has 0 aliphatic carbocycles. The van der Waals surface area contributed by atoms with Crippen molar-refractivity contribution in [1.29, 1.82) is 0 Å². The first-order valence-corrected chi connectivity index (χ1v) is 7.51. The first-order valence-electron chi connectivity index (χ1n) is 7.51. The Kier molecular flexibility index (Phi) is 5.56. The third-order valence-corrected chi connectivity index (χ3v) is 3.55. The molecule has 9 heteroatoms. The summed E-state index contributed by atoms with van der Waals surface area (Å²) in [5, 5.41) is 2.85. The molecule has 0 bridgehead atoms. The third kappa shape index (κ3) is 4.97. The number of hydrogen-bond acceptors (Lipinski definition) is 5. The lowest BCUT2D eigenvalue weighted by Gasteiger charge is -2.31. The van der Waals surface area contributed by atoms with E-state index in [2.05, 4.69) is 10.3 Å². The molecule has 0 unspecified atom stereocenters. The van der Waals surface area contributed by atoms with E-state index in [0.29, 0.717) is 32.5 Å². The molecule has 0 atom stereocenters. The summed E-state index contributed by atoms with van der Waals surface area (Å²) in [4.78, 5) is 51.9. The average Bonchev–Trinajstić information content (AvgIpc) is 2.47. The van der Waals surface area contributed by atoms with Crippen LogP contribution in [0.25, 0.3) is 0 Å². The molecule has 0 spiro atoms. The van der Waals surface area contributed by atoms with Gasteiger partial charge < -0.3 is 19.9 Å². The predicted octanol–water partition coefficient (Wildman–Crippen LogP) is -0.657. The summed E-state index contributed by atoms with van der Waals surface area (Å²) in [5.74, 6) is -0.277. The van der Waals surface area contributed by atoms with Crippen LogP contribution in [-0.4, -0.2) is 52.6 Å². The van der Waals surface area contributed by atoms with Crippen molar-refractivity contribution in [2.75, 3.05) is 19.7 Å². The zero-order valence-corrected chi connectivity index (χ0v) is 12.9. The van der Waals surface area contributed by atoms with Gasteiger partial charge in [0.1, 0.15) is 0 Å². The van der Waals surface area contributed by atoms with Crippen LogP contribution in [-0.2, 0) is 16.0 Å². The van der Waals surface area contributed by atoms with E-state index < -0.39 is 11.2 Å². The molecule has 23 heavy (non-hydrogen) atoms. The second kappa shape index (κ2) is 7.61. The van der Waals surface area contributed by atoms with Crippen LogP contribution in [0.4, 0.5) is 4.79 Å². The van der Waals surface area contributed by atoms with Crippen molar-refractivity contribution < 1.29 is 14.3 Å². The molecular formula is C14H20N4O5. The summed E-state index contributed by atoms with van der Waals surface area (Å²) in [6.45, 7) is 3.13. The molecule has 1 saturated heterocycles. The quantitative estimate of drug-likeness (QED) is 0.678. The molecule has 9 nitrogen and oxygen atoms in total. The highest BCUT2D eigenvalue weighted by atomic mass is 16.6. The van der Waals surface area contributed by atoms with E-state index in [1.807, 2.05) is 4.98 Å². The van der Waals surface area contributed by atoms with E-state index in [-0.39, 0.29) is 30.2 Å². The van der Waals surface area contributed by atoms with E-state index in [9.17, 15) is 19.2 Å². The number of likely N-dealkylation sites (tertiary alicyclic amines) is 1. The number of amides is 2. The largest absolute Gasteiger partial charge is 0.450 e. The molecule has 126 valence electrons. The Labute approximate surface area is 132 Å². The standard InChI is InChI=1S/C14H20N4O5/c1-2-23-14(22)18-5-3-9(4-6-18)15-11(19)7-10-8-12(20)17-13(21)16-10/h8-9H,2-7H2,1H3,(H,15,19)(H2,16,17,20,21). The minimum absolute atomic E-state index is 0.0399. The van der Waals surface area contributed by atoms with Crippen molar-refractivity contribution in [3.8, 4) is 0 Å². The molecular weight excluding hydrogens is 304 g/mol. The molecule has 2 rings (SSSR count). The predicted molar refractivity (Wildman–Crippen MR) is 81.1 cm³/mol. The maximum Gasteiger partial charge on any atom is 0.409 e. The van der Waals surface area contributed by atoms with E-state index in [1.54, 1.807) is 11.8 Å². The maximum atomic E-state index is 12.0. The van der Waals surface area contributed by atoms with Crippen molar-refractivity contribution in [1.82, 2.24) is 20.2 Å². The summed E-state index contributed by atoms with van der Waals surface area (Å²) < 4.78 is 4.93. The molecule has 0 radical (unpaired) electrons. The van der Waals surface area contributed by atoms with Crippen molar-refractivity contribution in [2.24, 2.45) is 0 Å². The van der Waals surface area contributed by atoms with Gasteiger partial charge in [-0.2, -0.15) is 0 Å². The first-order chi connectivity index (χ1) is 11.0. The number of carbonyl (C=O) groups excluding carboxylic acids is 2. The fourth-order valence-corrected chi connectivity index (χ4v) is 2.49. The van der Waals surface area contributed by atoms with Gasteiger partial charge in [-0.25, -0.2) is 9.59 Å². The first kappa shape index (κ1) is 16.8. The minimum Gasteiger partial charge on any atom is -0.450 e. The van der Waals surface area contributed by atoms with Gasteiger partial charge in [0.05, 0.1) is 13.0 Å². The van der Waals surface area contributed by atoms with Gasteiger partial charge in [0.15, 0.2) is 0 Å². The maximum absolute atomic E-state index is 12.0. The van der Waals surface area contributed by atoms with Crippen LogP contribution in [0, 0.1) is 0 Å². The lowest BCUT2D eigenvalue weighted by Crippen LogP contribution is -2.47. The number of H-pyrrole nitrogens is 2. The van der Waals surface area contributed by atoms with E-state index in [1.165, 1.54) is 6.07 Å². The summed E-state index contributed by atoms with van der Waals surface area (Å²) in [6, 6.07) is 1.14. The van der Waals surface area contributed by atoms with Crippen molar-refractivity contribution in [2.45, 2.75) is 32.2 Å². The molecule has 1 aliphatic heterocycles. The van der Waals surface area contributed by atoms with E-state index in [0.717, 1.165) is 0 Å². The SMILES string of the molecule is CCOC(=O)N1CCC(NC(=O)Cc2cc(=O)[nH]c(=O)[nH]2)CC1. The van der Waals surface area contributed by atoms with E-state index >= 15 is 0 Å². The van der Waals surface area contributed by atoms with Gasteiger partial charge >= 0.3 is 11.8 Å². The van der Waals surface area contributed by atoms with Crippen molar-refractivity contribution in [3.05, 3.63) is 32.6 Å². The molecule has 1 fully saturated rings. The van der Waals surface area contributed by atoms with Crippen LogP contribution in [0.2, 0.25) is 0 Å². The number of aromatic nitrogens is 2. The Balaban J connectivity index is 1.82. The molecule has 0 aromatic carbocycles. The fourth-order valence-electron chi connectivity index (χ4n) is 2.49. The number of ether oxygens (including phenoxy) is 1. The number of piperidine rings is 1. The fraction of sp³-hybridized carbons (Fsp3) is 0.571. The molecule has 2 amide bonds. The van der Waals surface area contributed by atoms with Crippen LogP contribution in [0.1, 0.15) is 25.5 Å². The zero-order chi connectivity index (χ0) is 16.8. The molecule has 1 aromatic rings. The minimum atomic E-state index is -0.636. The summed E-state index contributed by atoms with van der Waals surface area (Å²) in [7, 11) is 0. The average molecular weight is 324 g/mol. The third-order valence-electron chi connectivity index (χ3n) is 3.55. The van der Waals surface area contributed by atoms with Gasteiger partial charge in [-0.3, -0.25) is 14.6 Å². The van der Waals surface area contributed by atoms with Crippen LogP contribution in [0.15, 0.2) is 15.7 Å². The lowest BCUT2D eigenvalue weighted by atomic mass is 10.1. The lowest BCUT2D eigenvalue weighted by molar-refractivity contribution is -0.121. The monoisotopic (exact) mass is 324 g/mol. The van der Waals surface area contributed by atoms with E-state index in [4.69, 9.17) is 4.74 Å². The molecule has 2 heterocycles. The Morgan fingerprint density at radius 3 is 2.61 bits per heavy atom. The van der Waals surface area contributed by atoms with Crippen LogP contribution >= 0.6 is 0 Å². The molecule has 1 aliphatic rings. The van der Waals surface area contributed by atoms with Gasteiger partial charge in [-0.15, -0.1) is 0 Å². The highest BCUT2D eigenvalue weighted by Gasteiger charge is 2.24. The van der Waals surface area contributed by atoms with Crippen LogP contribution in [0.5, 0.6) is 0 Å². The van der Waals surface area contributed by atoms with Gasteiger partial charge in [-0.1, -0.05) is 0 Å². The zero-order valence-electron chi connectivity index (χ0n) is 12.9. The normalized spacial score (nSPS) is 15.3. The molecule has 0 saturated carbocycles. The summed E-state index contributed by atoms with van der Waals surface area (Å²) in [5.41, 5.74) is -0.914. The van der Waals surface area contributed by atoms with Crippen LogP contribution in [0.3, 0.4) is 0 Å². The summed E-state index contributed by atoms with van der Waals surface area (Å²) in [6.07, 6.45) is 0.864. The Bertz CT molecular complexity index is 644. The second-order valence-corrected chi connectivity index (χ2v) is 5.32. The van der Waals surface area contributed by atoms with Gasteiger partial charge in [0.25, 0.3) is 5.56 Å². The van der Waals surface area contributed by atoms with Gasteiger partial charge in [0.2, 0.25) is 5.91 Å². The highest BCUT2D eigenvalue weighted by molar-refractivity contribution is 5.78. The Hall–Kier alpha value is -2.58. The van der Waals surface area contributed by atoms with Gasteiger partial charge in [-0.05, 0) is 19.8 Å². The number of rotatable bonds is 4. The molecule has 3 N–H and O–H groups in total. The number of nitrogens with one attached hydrogen (secondary N) is 3. The summed E-state index contributed by atoms with van der Waals surface area (Å²) >= 11 is 0. The smallest absolute Gasteiger partial charge is 0.409 e. The van der Waals surface area contributed by atoms with Crippen molar-refractivity contribution >= 4 is 12.0 Å². The van der Waals surface area contributed by atoms with Crippen LogP contribution < -0.4 is 16.6 Å². The number of hydrogen-bond donors (Lipinski definition) is 3. The highest BCUT2D eigenvalue weighted by Crippen LogP contribution is 2.11. The second-order valence-electron chi connectivity index (χ2n) is 5.32. The topological polar surface area (TPSA) is 124 Å². The Morgan fingerprint density at radius 1 is 1.30 bits per heavy atom. The number of nitrogens with zero attached hydrogens (tertiary/aromatic N) is 1.